The van der Waals surface area contributed by atoms with Crippen LogP contribution in [0, 0.1) is 11.7 Å². The summed E-state index contributed by atoms with van der Waals surface area (Å²) in [5.74, 6) is 0.292. The molecule has 0 radical (unpaired) electrons. The molecule has 0 aliphatic carbocycles. The molecule has 0 saturated carbocycles. The molecule has 1 aromatic rings. The van der Waals surface area contributed by atoms with Crippen molar-refractivity contribution in [3.63, 3.8) is 0 Å². The fraction of sp³-hybridized carbons (Fsp3) is 0.500. The topological polar surface area (TPSA) is 12.0 Å². The monoisotopic (exact) mass is 305 g/mol. The first kappa shape index (κ1) is 12.3. The molecule has 0 bridgehead atoms. The number of halogens is 3. The molecule has 88 valence electrons. The van der Waals surface area contributed by atoms with E-state index in [0.29, 0.717) is 5.92 Å². The average molecular weight is 307 g/mol. The average Bonchev–Trinajstić information content (AvgIpc) is 2.31. The maximum atomic E-state index is 13.8. The van der Waals surface area contributed by atoms with E-state index in [4.69, 9.17) is 11.6 Å². The van der Waals surface area contributed by atoms with Gasteiger partial charge >= 0.3 is 0 Å². The molecule has 1 saturated heterocycles. The highest BCUT2D eigenvalue weighted by Crippen LogP contribution is 2.29. The molecule has 1 N–H and O–H groups in total. The van der Waals surface area contributed by atoms with Gasteiger partial charge in [-0.25, -0.2) is 4.39 Å². The zero-order valence-electron chi connectivity index (χ0n) is 8.90. The summed E-state index contributed by atoms with van der Waals surface area (Å²) < 4.78 is 14.7. The van der Waals surface area contributed by atoms with Crippen LogP contribution in [0.5, 0.6) is 0 Å². The van der Waals surface area contributed by atoms with Crippen LogP contribution in [0.4, 0.5) is 4.39 Å². The van der Waals surface area contributed by atoms with Crippen molar-refractivity contribution in [2.75, 3.05) is 13.1 Å². The van der Waals surface area contributed by atoms with Gasteiger partial charge in [-0.3, -0.25) is 0 Å². The van der Waals surface area contributed by atoms with E-state index >= 15 is 0 Å². The van der Waals surface area contributed by atoms with E-state index in [-0.39, 0.29) is 10.8 Å². The van der Waals surface area contributed by atoms with Gasteiger partial charge in [0.2, 0.25) is 0 Å². The third-order valence-corrected chi connectivity index (χ3v) is 4.13. The number of hydrogen-bond donors (Lipinski definition) is 1. The van der Waals surface area contributed by atoms with Crippen molar-refractivity contribution in [1.82, 2.24) is 5.32 Å². The van der Waals surface area contributed by atoms with Gasteiger partial charge in [0, 0.05) is 10.0 Å². The van der Waals surface area contributed by atoms with Crippen LogP contribution in [-0.4, -0.2) is 13.1 Å². The summed E-state index contributed by atoms with van der Waals surface area (Å²) >= 11 is 9.19. The van der Waals surface area contributed by atoms with E-state index in [9.17, 15) is 4.39 Å². The molecule has 2 rings (SSSR count). The molecule has 0 unspecified atom stereocenters. The van der Waals surface area contributed by atoms with E-state index in [1.165, 1.54) is 0 Å². The number of hydrogen-bond acceptors (Lipinski definition) is 1. The molecule has 0 amide bonds. The van der Waals surface area contributed by atoms with Crippen LogP contribution < -0.4 is 5.32 Å². The Balaban J connectivity index is 2.16. The first-order valence-electron chi connectivity index (χ1n) is 5.51. The van der Waals surface area contributed by atoms with Gasteiger partial charge in [-0.2, -0.15) is 0 Å². The summed E-state index contributed by atoms with van der Waals surface area (Å²) in [6.07, 6.45) is 2.99. The Morgan fingerprint density at radius 1 is 1.38 bits per heavy atom. The predicted octanol–water partition coefficient (Wildman–Crippen LogP) is 3.78. The van der Waals surface area contributed by atoms with Gasteiger partial charge in [0.1, 0.15) is 5.82 Å². The number of nitrogens with one attached hydrogen (secondary N) is 1. The van der Waals surface area contributed by atoms with Gasteiger partial charge in [0.25, 0.3) is 0 Å². The maximum absolute atomic E-state index is 13.8. The summed E-state index contributed by atoms with van der Waals surface area (Å²) in [5, 5.41) is 3.52. The van der Waals surface area contributed by atoms with Crippen LogP contribution in [0.1, 0.15) is 18.4 Å². The van der Waals surface area contributed by atoms with Gasteiger partial charge in [-0.05, 0) is 50.4 Å². The van der Waals surface area contributed by atoms with Gasteiger partial charge in [0.15, 0.2) is 0 Å². The Bertz CT molecular complexity index is 378. The molecule has 16 heavy (non-hydrogen) atoms. The lowest BCUT2D eigenvalue weighted by atomic mass is 9.91. The van der Waals surface area contributed by atoms with Crippen LogP contribution in [-0.2, 0) is 6.42 Å². The molecule has 1 aromatic carbocycles. The van der Waals surface area contributed by atoms with Crippen molar-refractivity contribution in [3.05, 3.63) is 33.0 Å². The lowest BCUT2D eigenvalue weighted by Crippen LogP contribution is -2.28. The first-order chi connectivity index (χ1) is 7.68. The van der Waals surface area contributed by atoms with Crippen molar-refractivity contribution in [2.24, 2.45) is 5.92 Å². The Morgan fingerprint density at radius 2 is 2.06 bits per heavy atom. The second-order valence-corrected chi connectivity index (χ2v) is 5.48. The van der Waals surface area contributed by atoms with Gasteiger partial charge in [0.05, 0.1) is 5.02 Å². The minimum absolute atomic E-state index is 0.215. The van der Waals surface area contributed by atoms with Gasteiger partial charge in [-0.15, -0.1) is 0 Å². The fourth-order valence-corrected chi connectivity index (χ4v) is 2.78. The van der Waals surface area contributed by atoms with Crippen LogP contribution >= 0.6 is 27.5 Å². The SMILES string of the molecule is Fc1c(Cl)ccc(Br)c1CC1CCNCC1. The number of piperidine rings is 1. The Kier molecular flexibility index (Phi) is 4.22. The van der Waals surface area contributed by atoms with Crippen molar-refractivity contribution < 1.29 is 4.39 Å². The standard InChI is InChI=1S/C12H14BrClFN/c13-10-1-2-11(14)12(15)9(10)7-8-3-5-16-6-4-8/h1-2,8,16H,3-7H2. The highest BCUT2D eigenvalue weighted by Gasteiger charge is 2.18. The highest BCUT2D eigenvalue weighted by atomic mass is 79.9. The van der Waals surface area contributed by atoms with Gasteiger partial charge < -0.3 is 5.32 Å². The minimum atomic E-state index is -0.269. The van der Waals surface area contributed by atoms with Crippen LogP contribution in [0.25, 0.3) is 0 Å². The molecule has 1 aliphatic heterocycles. The van der Waals surface area contributed by atoms with E-state index in [2.05, 4.69) is 21.2 Å². The molecule has 1 fully saturated rings. The summed E-state index contributed by atoms with van der Waals surface area (Å²) in [4.78, 5) is 0. The zero-order valence-corrected chi connectivity index (χ0v) is 11.2. The summed E-state index contributed by atoms with van der Waals surface area (Å²) in [7, 11) is 0. The zero-order chi connectivity index (χ0) is 11.5. The van der Waals surface area contributed by atoms with Crippen molar-refractivity contribution in [1.29, 1.82) is 0 Å². The van der Waals surface area contributed by atoms with Crippen molar-refractivity contribution in [3.8, 4) is 0 Å². The second kappa shape index (κ2) is 5.48. The van der Waals surface area contributed by atoms with E-state index in [1.807, 2.05) is 6.07 Å². The van der Waals surface area contributed by atoms with Crippen molar-refractivity contribution >= 4 is 27.5 Å². The molecular formula is C12H14BrClFN. The van der Waals surface area contributed by atoms with Crippen LogP contribution in [0.15, 0.2) is 16.6 Å². The molecule has 0 spiro atoms. The molecule has 0 aromatic heterocycles. The summed E-state index contributed by atoms with van der Waals surface area (Å²) in [6.45, 7) is 2.06. The third kappa shape index (κ3) is 2.76. The van der Waals surface area contributed by atoms with Crippen LogP contribution in [0.3, 0.4) is 0 Å². The summed E-state index contributed by atoms with van der Waals surface area (Å²) in [5.41, 5.74) is 0.722. The van der Waals surface area contributed by atoms with E-state index in [1.54, 1.807) is 6.07 Å². The quantitative estimate of drug-likeness (QED) is 0.820. The second-order valence-electron chi connectivity index (χ2n) is 4.22. The Morgan fingerprint density at radius 3 is 2.75 bits per heavy atom. The van der Waals surface area contributed by atoms with Gasteiger partial charge in [-0.1, -0.05) is 27.5 Å². The number of benzene rings is 1. The molecule has 0 atom stereocenters. The molecule has 1 heterocycles. The molecule has 1 aliphatic rings. The molecular weight excluding hydrogens is 292 g/mol. The van der Waals surface area contributed by atoms with E-state index < -0.39 is 0 Å². The number of rotatable bonds is 2. The largest absolute Gasteiger partial charge is 0.317 e. The lowest BCUT2D eigenvalue weighted by Gasteiger charge is -2.23. The molecule has 4 heteroatoms. The fourth-order valence-electron chi connectivity index (χ4n) is 2.13. The third-order valence-electron chi connectivity index (χ3n) is 3.09. The minimum Gasteiger partial charge on any atom is -0.317 e. The highest BCUT2D eigenvalue weighted by molar-refractivity contribution is 9.10. The predicted molar refractivity (Wildman–Crippen MR) is 68.4 cm³/mol. The maximum Gasteiger partial charge on any atom is 0.146 e. The van der Waals surface area contributed by atoms with Crippen molar-refractivity contribution in [2.45, 2.75) is 19.3 Å². The first-order valence-corrected chi connectivity index (χ1v) is 6.68. The normalized spacial score (nSPS) is 17.7. The summed E-state index contributed by atoms with van der Waals surface area (Å²) in [6, 6.07) is 3.41. The Labute approximate surface area is 109 Å². The Hall–Kier alpha value is -0.120. The van der Waals surface area contributed by atoms with E-state index in [0.717, 1.165) is 42.4 Å². The molecule has 1 nitrogen and oxygen atoms in total. The van der Waals surface area contributed by atoms with Crippen LogP contribution in [0.2, 0.25) is 5.02 Å². The lowest BCUT2D eigenvalue weighted by molar-refractivity contribution is 0.368. The smallest absolute Gasteiger partial charge is 0.146 e.